The zero-order valence-electron chi connectivity index (χ0n) is 25.1. The van der Waals surface area contributed by atoms with Gasteiger partial charge in [0.25, 0.3) is 0 Å². The van der Waals surface area contributed by atoms with Crippen LogP contribution < -0.4 is 0 Å². The van der Waals surface area contributed by atoms with Crippen LogP contribution in [0.15, 0.2) is 35.6 Å². The fourth-order valence-corrected chi connectivity index (χ4v) is 8.98. The highest BCUT2D eigenvalue weighted by atomic mass is 16.6. The van der Waals surface area contributed by atoms with Gasteiger partial charge in [0.1, 0.15) is 17.0 Å². The predicted octanol–water partition coefficient (Wildman–Crippen LogP) is 4.19. The quantitative estimate of drug-likeness (QED) is 0.260. The van der Waals surface area contributed by atoms with Crippen LogP contribution in [0.25, 0.3) is 0 Å². The summed E-state index contributed by atoms with van der Waals surface area (Å²) in [5.41, 5.74) is -5.72. The molecule has 3 N–H and O–H groups in total. The number of carbonyl (C=O) groups is 4. The predicted molar refractivity (Wildman–Crippen MR) is 148 cm³/mol. The normalized spacial score (nSPS) is 40.4. The van der Waals surface area contributed by atoms with E-state index in [2.05, 4.69) is 0 Å². The molecule has 40 heavy (non-hydrogen) atoms. The lowest BCUT2D eigenvalue weighted by Gasteiger charge is -2.63. The highest BCUT2D eigenvalue weighted by molar-refractivity contribution is 6.02. The van der Waals surface area contributed by atoms with Crippen molar-refractivity contribution >= 4 is 23.3 Å². The highest BCUT2D eigenvalue weighted by Crippen LogP contribution is 2.73. The molecule has 0 amide bonds. The number of Topliss-reactive ketones (excluding diaryl/α,β-unsaturated/α-hetero) is 2. The molecule has 2 saturated carbocycles. The third-order valence-corrected chi connectivity index (χ3v) is 11.2. The van der Waals surface area contributed by atoms with Crippen molar-refractivity contribution < 1.29 is 39.2 Å². The molecule has 220 valence electrons. The monoisotopic (exact) mass is 556 g/mol. The van der Waals surface area contributed by atoms with Crippen LogP contribution >= 0.6 is 0 Å². The smallest absolute Gasteiger partial charge is 0.303 e. The molecule has 0 bridgehead atoms. The Kier molecular flexibility index (Phi) is 6.80. The first-order valence-corrected chi connectivity index (χ1v) is 14.1. The van der Waals surface area contributed by atoms with Crippen LogP contribution in [0, 0.1) is 39.4 Å². The van der Waals surface area contributed by atoms with Crippen LogP contribution in [0.4, 0.5) is 0 Å². The van der Waals surface area contributed by atoms with Gasteiger partial charge in [-0.2, -0.15) is 0 Å². The van der Waals surface area contributed by atoms with Gasteiger partial charge in [0, 0.05) is 30.6 Å². The number of rotatable bonds is 5. The van der Waals surface area contributed by atoms with Gasteiger partial charge in [-0.15, -0.1) is 0 Å². The van der Waals surface area contributed by atoms with E-state index < -0.39 is 62.6 Å². The molecule has 4 aliphatic carbocycles. The number of hydrogen-bond donors (Lipinski definition) is 3. The van der Waals surface area contributed by atoms with Gasteiger partial charge in [-0.25, -0.2) is 0 Å². The van der Waals surface area contributed by atoms with E-state index in [0.29, 0.717) is 6.42 Å². The van der Waals surface area contributed by atoms with Gasteiger partial charge in [0.05, 0.1) is 11.5 Å². The topological polar surface area (TPSA) is 138 Å². The summed E-state index contributed by atoms with van der Waals surface area (Å²) in [6.45, 7) is 15.3. The molecule has 0 spiro atoms. The van der Waals surface area contributed by atoms with Crippen LogP contribution in [-0.4, -0.2) is 55.9 Å². The van der Waals surface area contributed by atoms with Crippen LogP contribution in [-0.2, 0) is 23.9 Å². The fourth-order valence-electron chi connectivity index (χ4n) is 8.98. The summed E-state index contributed by atoms with van der Waals surface area (Å²) in [5.74, 6) is -3.61. The van der Waals surface area contributed by atoms with E-state index in [-0.39, 0.29) is 36.1 Å². The average molecular weight is 557 g/mol. The van der Waals surface area contributed by atoms with Gasteiger partial charge >= 0.3 is 5.97 Å². The number of carbonyl (C=O) groups excluding carboxylic acids is 4. The molecule has 8 nitrogen and oxygen atoms in total. The number of aliphatic hydroxyl groups excluding tert-OH is 2. The summed E-state index contributed by atoms with van der Waals surface area (Å²) in [7, 11) is 0. The number of esters is 1. The summed E-state index contributed by atoms with van der Waals surface area (Å²) in [5, 5.41) is 33.8. The van der Waals surface area contributed by atoms with Crippen molar-refractivity contribution in [3.05, 3.63) is 35.6 Å². The molecular weight excluding hydrogens is 512 g/mol. The first kappa shape index (κ1) is 30.4. The molecule has 0 unspecified atom stereocenters. The molecule has 0 radical (unpaired) electrons. The molecule has 0 aromatic rings. The van der Waals surface area contributed by atoms with Crippen LogP contribution in [0.5, 0.6) is 0 Å². The first-order chi connectivity index (χ1) is 18.1. The van der Waals surface area contributed by atoms with Gasteiger partial charge in [0.15, 0.2) is 11.5 Å². The van der Waals surface area contributed by atoms with Crippen molar-refractivity contribution in [2.75, 3.05) is 0 Å². The molecule has 0 aromatic heterocycles. The molecular formula is C32H44O8. The van der Waals surface area contributed by atoms with Gasteiger partial charge < -0.3 is 20.1 Å². The second-order valence-electron chi connectivity index (χ2n) is 14.4. The number of hydrogen-bond acceptors (Lipinski definition) is 8. The SMILES string of the molecule is CC(=O)OC(C)(C)/C=C/C(=O)[C@](C)(O)[C@H]1[C@H](O)C[C@@]2(C)[C@H]3CC=C4[C@@H](C=C(O)C(=O)C4(C)C)[C@]3(C)C(=O)C[C@]12C. The molecule has 4 rings (SSSR count). The van der Waals surface area contributed by atoms with Gasteiger partial charge in [-0.05, 0) is 82.4 Å². The third kappa shape index (κ3) is 4.00. The summed E-state index contributed by atoms with van der Waals surface area (Å²) in [4.78, 5) is 52.0. The minimum Gasteiger partial charge on any atom is -0.505 e. The minimum absolute atomic E-state index is 0.0249. The lowest BCUT2D eigenvalue weighted by Crippen LogP contribution is -2.64. The van der Waals surface area contributed by atoms with Crippen molar-refractivity contribution in [3.8, 4) is 0 Å². The molecule has 8 heteroatoms. The van der Waals surface area contributed by atoms with Crippen molar-refractivity contribution in [3.63, 3.8) is 0 Å². The second-order valence-corrected chi connectivity index (χ2v) is 14.4. The van der Waals surface area contributed by atoms with Gasteiger partial charge in [-0.3, -0.25) is 19.2 Å². The lowest BCUT2D eigenvalue weighted by atomic mass is 9.39. The van der Waals surface area contributed by atoms with Crippen molar-refractivity contribution in [1.29, 1.82) is 0 Å². The number of ether oxygens (including phenoxy) is 1. The molecule has 0 aliphatic heterocycles. The van der Waals surface area contributed by atoms with Crippen LogP contribution in [0.2, 0.25) is 0 Å². The first-order valence-electron chi connectivity index (χ1n) is 14.1. The summed E-state index contributed by atoms with van der Waals surface area (Å²) < 4.78 is 5.22. The third-order valence-electron chi connectivity index (χ3n) is 11.2. The molecule has 0 aromatic carbocycles. The maximum absolute atomic E-state index is 14.3. The van der Waals surface area contributed by atoms with Gasteiger partial charge in [0.2, 0.25) is 5.78 Å². The zero-order valence-corrected chi connectivity index (χ0v) is 25.1. The largest absolute Gasteiger partial charge is 0.505 e. The summed E-state index contributed by atoms with van der Waals surface area (Å²) in [6.07, 6.45) is 5.89. The number of aliphatic hydroxyl groups is 3. The van der Waals surface area contributed by atoms with E-state index in [1.54, 1.807) is 27.7 Å². The Bertz CT molecular complexity index is 1270. The maximum atomic E-state index is 14.3. The Hall–Kier alpha value is -2.58. The molecule has 0 saturated heterocycles. The van der Waals surface area contributed by atoms with Gasteiger partial charge in [-0.1, -0.05) is 32.4 Å². The molecule has 4 aliphatic rings. The Morgan fingerprint density at radius 1 is 1.07 bits per heavy atom. The molecule has 8 atom stereocenters. The Balaban J connectivity index is 1.76. The summed E-state index contributed by atoms with van der Waals surface area (Å²) in [6, 6.07) is 0. The average Bonchev–Trinajstić information content (AvgIpc) is 3.01. The molecule has 0 heterocycles. The number of ketones is 3. The second kappa shape index (κ2) is 8.96. The highest BCUT2D eigenvalue weighted by Gasteiger charge is 2.74. The zero-order chi connectivity index (χ0) is 30.4. The standard InChI is InChI=1S/C32H44O8/c1-17(33)40-27(2,3)13-12-23(36)32(9,39)25-21(35)15-29(6)22-11-10-18-19(14-20(34)26(38)28(18,4)5)31(22,8)24(37)16-30(25,29)7/h10,12-14,19,21-22,25,34-35,39H,11,15-16H2,1-9H3/b13-12+/t19-,21-,22-,25+,29+,30-,31+,32+/m1/s1. The summed E-state index contributed by atoms with van der Waals surface area (Å²) >= 11 is 0. The Morgan fingerprint density at radius 2 is 1.68 bits per heavy atom. The van der Waals surface area contributed by atoms with Crippen molar-refractivity contribution in [2.45, 2.75) is 98.9 Å². The van der Waals surface area contributed by atoms with Crippen LogP contribution in [0.1, 0.15) is 81.6 Å². The Labute approximate surface area is 236 Å². The van der Waals surface area contributed by atoms with E-state index in [1.807, 2.05) is 26.8 Å². The van der Waals surface area contributed by atoms with E-state index in [0.717, 1.165) is 5.57 Å². The number of fused-ring (bicyclic) bond motifs is 5. The number of allylic oxidation sites excluding steroid dienone is 4. The van der Waals surface area contributed by atoms with E-state index >= 15 is 0 Å². The lowest BCUT2D eigenvalue weighted by molar-refractivity contribution is -0.179. The fraction of sp³-hybridized carbons (Fsp3) is 0.688. The maximum Gasteiger partial charge on any atom is 0.303 e. The van der Waals surface area contributed by atoms with E-state index in [4.69, 9.17) is 4.74 Å². The Morgan fingerprint density at radius 3 is 2.25 bits per heavy atom. The van der Waals surface area contributed by atoms with E-state index in [9.17, 15) is 34.5 Å². The van der Waals surface area contributed by atoms with Crippen molar-refractivity contribution in [2.24, 2.45) is 39.4 Å². The van der Waals surface area contributed by atoms with E-state index in [1.165, 1.54) is 32.1 Å². The molecule has 2 fully saturated rings. The van der Waals surface area contributed by atoms with Crippen LogP contribution in [0.3, 0.4) is 0 Å². The van der Waals surface area contributed by atoms with Crippen molar-refractivity contribution in [1.82, 2.24) is 0 Å². The minimum atomic E-state index is -2.00.